The number of non-ortho nitro benzene ring substituents is 1. The quantitative estimate of drug-likeness (QED) is 0.0705. The average Bonchev–Trinajstić information content (AvgIpc) is 2.92. The smallest absolute Gasteiger partial charge is 0.305 e. The highest BCUT2D eigenvalue weighted by molar-refractivity contribution is 6.01. The number of carbonyl (C=O) groups is 8. The first-order valence-electron chi connectivity index (χ1n) is 13.3. The molecule has 8 N–H and O–H groups in total. The van der Waals surface area contributed by atoms with Gasteiger partial charge in [-0.1, -0.05) is 13.8 Å². The van der Waals surface area contributed by atoms with E-state index in [-0.39, 0.29) is 11.4 Å². The molecule has 0 fully saturated rings. The zero-order valence-corrected chi connectivity index (χ0v) is 24.4. The van der Waals surface area contributed by atoms with Crippen molar-refractivity contribution >= 4 is 58.8 Å². The molecule has 1 aromatic carbocycles. The van der Waals surface area contributed by atoms with Gasteiger partial charge in [-0.15, -0.1) is 0 Å². The molecule has 0 spiro atoms. The topological polar surface area (TPSA) is 301 Å². The molecule has 246 valence electrons. The molecule has 0 saturated carbocycles. The minimum atomic E-state index is -1.68. The highest BCUT2D eigenvalue weighted by atomic mass is 16.6. The summed E-state index contributed by atoms with van der Waals surface area (Å²) in [5.74, 6) is -9.94. The fourth-order valence-corrected chi connectivity index (χ4v) is 3.77. The first-order chi connectivity index (χ1) is 20.9. The summed E-state index contributed by atoms with van der Waals surface area (Å²) in [6.45, 7) is 3.99. The third-order valence-corrected chi connectivity index (χ3v) is 5.96. The molecule has 0 aromatic heterocycles. The number of amides is 5. The van der Waals surface area contributed by atoms with Crippen molar-refractivity contribution in [2.75, 3.05) is 5.32 Å². The van der Waals surface area contributed by atoms with E-state index in [0.29, 0.717) is 0 Å². The predicted molar refractivity (Wildman–Crippen MR) is 151 cm³/mol. The molecule has 0 bridgehead atoms. The Balaban J connectivity index is 3.16. The minimum Gasteiger partial charge on any atom is -0.481 e. The van der Waals surface area contributed by atoms with E-state index >= 15 is 0 Å². The lowest BCUT2D eigenvalue weighted by molar-refractivity contribution is -0.384. The molecule has 5 amide bonds. The summed E-state index contributed by atoms with van der Waals surface area (Å²) in [5, 5.41) is 49.5. The molecular weight excluding hydrogens is 604 g/mol. The van der Waals surface area contributed by atoms with Crippen molar-refractivity contribution in [1.29, 1.82) is 0 Å². The van der Waals surface area contributed by atoms with Crippen LogP contribution < -0.4 is 26.6 Å². The van der Waals surface area contributed by atoms with Crippen LogP contribution in [-0.4, -0.2) is 91.9 Å². The number of hydrogen-bond acceptors (Lipinski definition) is 10. The first kappa shape index (κ1) is 37.4. The maximum absolute atomic E-state index is 13.2. The summed E-state index contributed by atoms with van der Waals surface area (Å²) in [6.07, 6.45) is -2.89. The Labute approximate surface area is 255 Å². The number of nitro groups is 1. The number of carboxylic acid groups (broad SMARTS) is 3. The standard InChI is InChI=1S/C26H34N6O13/c1-12(2)22(26(43)30-18(11-21(38)39)24(41)28-14-4-6-15(7-5-14)32(44)45)31-23(40)16(8-9-19(34)35)29-25(42)17(10-20(36)37)27-13(3)33/h4-7,12,16-18,22H,8-11H2,1-3H3,(H,27,33)(H,28,41)(H,29,42)(H,30,43)(H,31,40)(H,34,35)(H,36,37)(H,38,39)/t16-,17-,18+,22-/m1/s1. The van der Waals surface area contributed by atoms with Crippen molar-refractivity contribution in [3.8, 4) is 0 Å². The van der Waals surface area contributed by atoms with E-state index in [1.807, 2.05) is 0 Å². The van der Waals surface area contributed by atoms with Gasteiger partial charge in [0, 0.05) is 31.2 Å². The number of carbonyl (C=O) groups excluding carboxylic acids is 5. The largest absolute Gasteiger partial charge is 0.481 e. The fraction of sp³-hybridized carbons (Fsp3) is 0.462. The zero-order valence-electron chi connectivity index (χ0n) is 24.4. The van der Waals surface area contributed by atoms with E-state index in [1.54, 1.807) is 0 Å². The van der Waals surface area contributed by atoms with E-state index in [9.17, 15) is 53.6 Å². The van der Waals surface area contributed by atoms with Gasteiger partial charge in [0.1, 0.15) is 24.2 Å². The predicted octanol–water partition coefficient (Wildman–Crippen LogP) is -1.04. The molecule has 0 aliphatic rings. The van der Waals surface area contributed by atoms with Gasteiger partial charge < -0.3 is 41.9 Å². The van der Waals surface area contributed by atoms with E-state index in [2.05, 4.69) is 26.6 Å². The minimum absolute atomic E-state index is 0.0569. The van der Waals surface area contributed by atoms with Crippen LogP contribution in [0.15, 0.2) is 24.3 Å². The molecule has 0 heterocycles. The molecule has 0 aliphatic carbocycles. The molecule has 19 heteroatoms. The summed E-state index contributed by atoms with van der Waals surface area (Å²) >= 11 is 0. The van der Waals surface area contributed by atoms with Gasteiger partial charge in [-0.25, -0.2) is 0 Å². The Bertz CT molecular complexity index is 1300. The Morgan fingerprint density at radius 2 is 1.20 bits per heavy atom. The number of aliphatic carboxylic acids is 3. The van der Waals surface area contributed by atoms with Gasteiger partial charge in [-0.3, -0.25) is 48.5 Å². The summed E-state index contributed by atoms with van der Waals surface area (Å²) < 4.78 is 0. The summed E-state index contributed by atoms with van der Waals surface area (Å²) in [6, 6.07) is -1.82. The van der Waals surface area contributed by atoms with E-state index in [1.165, 1.54) is 26.0 Å². The first-order valence-corrected chi connectivity index (χ1v) is 13.3. The lowest BCUT2D eigenvalue weighted by Gasteiger charge is -2.27. The number of hydrogen-bond donors (Lipinski definition) is 8. The Morgan fingerprint density at radius 3 is 1.64 bits per heavy atom. The molecule has 0 radical (unpaired) electrons. The van der Waals surface area contributed by atoms with Gasteiger partial charge in [0.2, 0.25) is 29.5 Å². The van der Waals surface area contributed by atoms with E-state index < -0.39 is 108 Å². The molecule has 45 heavy (non-hydrogen) atoms. The molecular formula is C26H34N6O13. The van der Waals surface area contributed by atoms with Gasteiger partial charge in [0.05, 0.1) is 17.8 Å². The van der Waals surface area contributed by atoms with Crippen LogP contribution in [0.25, 0.3) is 0 Å². The number of rotatable bonds is 18. The van der Waals surface area contributed by atoms with Crippen LogP contribution in [0, 0.1) is 16.0 Å². The van der Waals surface area contributed by atoms with Crippen LogP contribution in [-0.2, 0) is 38.4 Å². The second-order valence-electron chi connectivity index (χ2n) is 10.0. The second kappa shape index (κ2) is 17.5. The number of benzene rings is 1. The highest BCUT2D eigenvalue weighted by Crippen LogP contribution is 2.16. The fourth-order valence-electron chi connectivity index (χ4n) is 3.77. The van der Waals surface area contributed by atoms with Crippen LogP contribution in [0.1, 0.15) is 46.5 Å². The highest BCUT2D eigenvalue weighted by Gasteiger charge is 2.34. The van der Waals surface area contributed by atoms with Crippen molar-refractivity contribution in [2.45, 2.75) is 70.6 Å². The van der Waals surface area contributed by atoms with Crippen LogP contribution >= 0.6 is 0 Å². The number of nitrogens with one attached hydrogen (secondary N) is 5. The van der Waals surface area contributed by atoms with Crippen molar-refractivity contribution in [3.05, 3.63) is 34.4 Å². The van der Waals surface area contributed by atoms with Crippen LogP contribution in [0.2, 0.25) is 0 Å². The van der Waals surface area contributed by atoms with E-state index in [4.69, 9.17) is 10.2 Å². The lowest BCUT2D eigenvalue weighted by Crippen LogP contribution is -2.59. The van der Waals surface area contributed by atoms with Crippen LogP contribution in [0.3, 0.4) is 0 Å². The molecule has 0 unspecified atom stereocenters. The second-order valence-corrected chi connectivity index (χ2v) is 10.0. The van der Waals surface area contributed by atoms with Gasteiger partial charge in [-0.05, 0) is 24.5 Å². The zero-order chi connectivity index (χ0) is 34.4. The number of anilines is 1. The van der Waals surface area contributed by atoms with Crippen LogP contribution in [0.4, 0.5) is 11.4 Å². The monoisotopic (exact) mass is 638 g/mol. The summed E-state index contributed by atoms with van der Waals surface area (Å²) in [4.78, 5) is 107. The SMILES string of the molecule is CC(=O)N[C@H](CC(=O)O)C(=O)N[C@H](CCC(=O)O)C(=O)N[C@@H](C(=O)N[C@@H](CC(=O)O)C(=O)Nc1ccc([N+](=O)[O-])cc1)C(C)C. The third kappa shape index (κ3) is 13.5. The molecule has 0 saturated heterocycles. The summed E-state index contributed by atoms with van der Waals surface area (Å²) in [5.41, 5.74) is -0.217. The molecule has 1 rings (SSSR count). The van der Waals surface area contributed by atoms with Gasteiger partial charge in [0.15, 0.2) is 0 Å². The van der Waals surface area contributed by atoms with Gasteiger partial charge >= 0.3 is 17.9 Å². The molecule has 1 aromatic rings. The molecule has 19 nitrogen and oxygen atoms in total. The third-order valence-electron chi connectivity index (χ3n) is 5.96. The Kier molecular flexibility index (Phi) is 14.5. The van der Waals surface area contributed by atoms with Gasteiger partial charge in [0.25, 0.3) is 5.69 Å². The maximum atomic E-state index is 13.2. The maximum Gasteiger partial charge on any atom is 0.305 e. The van der Waals surface area contributed by atoms with Crippen LogP contribution in [0.5, 0.6) is 0 Å². The number of nitrogens with zero attached hydrogens (tertiary/aromatic N) is 1. The van der Waals surface area contributed by atoms with Gasteiger partial charge in [-0.2, -0.15) is 0 Å². The molecule has 0 aliphatic heterocycles. The van der Waals surface area contributed by atoms with Crippen molar-refractivity contribution in [1.82, 2.24) is 21.3 Å². The van der Waals surface area contributed by atoms with E-state index in [0.717, 1.165) is 19.1 Å². The average molecular weight is 639 g/mol. The van der Waals surface area contributed by atoms with Crippen molar-refractivity contribution in [3.63, 3.8) is 0 Å². The number of carboxylic acids is 3. The normalized spacial score (nSPS) is 13.2. The van der Waals surface area contributed by atoms with Crippen molar-refractivity contribution in [2.24, 2.45) is 5.92 Å². The molecule has 4 atom stereocenters. The Morgan fingerprint density at radius 1 is 0.711 bits per heavy atom. The Hall–Kier alpha value is -5.62. The lowest BCUT2D eigenvalue weighted by atomic mass is 10.0. The summed E-state index contributed by atoms with van der Waals surface area (Å²) in [7, 11) is 0. The number of nitro benzene ring substituents is 1. The van der Waals surface area contributed by atoms with Crippen molar-refractivity contribution < 1.29 is 58.6 Å².